The fourth-order valence-corrected chi connectivity index (χ4v) is 1.65. The van der Waals surface area contributed by atoms with Crippen LogP contribution in [0.3, 0.4) is 0 Å². The molecule has 20 heavy (non-hydrogen) atoms. The molecule has 0 unspecified atom stereocenters. The van der Waals surface area contributed by atoms with Crippen LogP contribution in [0, 0.1) is 0 Å². The molecule has 0 fully saturated rings. The number of aromatic nitrogens is 3. The van der Waals surface area contributed by atoms with Crippen LogP contribution in [0.4, 0.5) is 0 Å². The smallest absolute Gasteiger partial charge is 0.277 e. The molecular weight excluding hydrogens is 256 g/mol. The van der Waals surface area contributed by atoms with E-state index in [0.29, 0.717) is 5.69 Å². The van der Waals surface area contributed by atoms with Gasteiger partial charge >= 0.3 is 0 Å². The number of H-pyrrole nitrogens is 1. The molecule has 0 spiro atoms. The molecule has 2 aromatic rings. The van der Waals surface area contributed by atoms with Crippen LogP contribution in [0.15, 0.2) is 35.4 Å². The minimum Gasteiger partial charge on any atom is -0.347 e. The van der Waals surface area contributed by atoms with Crippen LogP contribution in [0.1, 0.15) is 31.1 Å². The number of amides is 1. The first-order chi connectivity index (χ1) is 9.37. The number of carbonyl (C=O) groups is 1. The van der Waals surface area contributed by atoms with Crippen molar-refractivity contribution < 1.29 is 4.79 Å². The summed E-state index contributed by atoms with van der Waals surface area (Å²) in [6.45, 7) is 5.55. The van der Waals surface area contributed by atoms with Crippen LogP contribution in [0.25, 0.3) is 11.3 Å². The van der Waals surface area contributed by atoms with Crippen LogP contribution in [0.2, 0.25) is 0 Å². The highest BCUT2D eigenvalue weighted by atomic mass is 16.2. The number of rotatable bonds is 2. The third kappa shape index (κ3) is 3.28. The Morgan fingerprint density at radius 1 is 1.25 bits per heavy atom. The van der Waals surface area contributed by atoms with Gasteiger partial charge in [-0.05, 0) is 39.0 Å². The van der Waals surface area contributed by atoms with Crippen LogP contribution in [-0.2, 0) is 0 Å². The van der Waals surface area contributed by atoms with E-state index in [1.54, 1.807) is 24.5 Å². The molecule has 0 aliphatic rings. The fraction of sp³-hybridized carbons (Fsp3) is 0.286. The summed E-state index contributed by atoms with van der Waals surface area (Å²) in [5.74, 6) is -0.420. The van der Waals surface area contributed by atoms with Crippen molar-refractivity contribution in [1.29, 1.82) is 0 Å². The predicted molar refractivity (Wildman–Crippen MR) is 75.3 cm³/mol. The normalized spacial score (nSPS) is 11.2. The molecule has 0 saturated carbocycles. The minimum absolute atomic E-state index is 0.0433. The van der Waals surface area contributed by atoms with Crippen molar-refractivity contribution in [2.45, 2.75) is 26.3 Å². The largest absolute Gasteiger partial charge is 0.347 e. The first-order valence-electron chi connectivity index (χ1n) is 6.19. The Labute approximate surface area is 116 Å². The molecule has 0 saturated heterocycles. The number of carbonyl (C=O) groups excluding carboxylic acids is 1. The van der Waals surface area contributed by atoms with E-state index >= 15 is 0 Å². The van der Waals surface area contributed by atoms with Gasteiger partial charge in [-0.25, -0.2) is 5.10 Å². The maximum absolute atomic E-state index is 12.1. The molecule has 104 valence electrons. The summed E-state index contributed by atoms with van der Waals surface area (Å²) in [5.41, 5.74) is 0.419. The molecule has 0 aliphatic carbocycles. The van der Waals surface area contributed by atoms with E-state index in [1.165, 1.54) is 6.07 Å². The summed E-state index contributed by atoms with van der Waals surface area (Å²) in [4.78, 5) is 27.7. The topological polar surface area (TPSA) is 87.7 Å². The Kier molecular flexibility index (Phi) is 3.65. The lowest BCUT2D eigenvalue weighted by Crippen LogP contribution is -2.42. The van der Waals surface area contributed by atoms with E-state index in [4.69, 9.17) is 0 Å². The second kappa shape index (κ2) is 5.24. The molecule has 6 nitrogen and oxygen atoms in total. The van der Waals surface area contributed by atoms with Gasteiger partial charge in [0.2, 0.25) is 0 Å². The zero-order chi connectivity index (χ0) is 14.8. The molecule has 0 aromatic carbocycles. The molecule has 2 aromatic heterocycles. The Morgan fingerprint density at radius 2 is 1.90 bits per heavy atom. The fourth-order valence-electron chi connectivity index (χ4n) is 1.65. The van der Waals surface area contributed by atoms with E-state index in [9.17, 15) is 9.59 Å². The molecule has 0 bridgehead atoms. The summed E-state index contributed by atoms with van der Waals surface area (Å²) in [5, 5.41) is 9.05. The molecule has 2 rings (SSSR count). The summed E-state index contributed by atoms with van der Waals surface area (Å²) in [7, 11) is 0. The van der Waals surface area contributed by atoms with Crippen LogP contribution >= 0.6 is 0 Å². The first kappa shape index (κ1) is 13.9. The quantitative estimate of drug-likeness (QED) is 0.864. The van der Waals surface area contributed by atoms with Gasteiger partial charge in [-0.2, -0.15) is 5.10 Å². The summed E-state index contributed by atoms with van der Waals surface area (Å²) < 4.78 is 0. The average Bonchev–Trinajstić information content (AvgIpc) is 2.38. The molecule has 2 N–H and O–H groups in total. The predicted octanol–water partition coefficient (Wildman–Crippen LogP) is 1.36. The highest BCUT2D eigenvalue weighted by molar-refractivity contribution is 5.95. The van der Waals surface area contributed by atoms with Gasteiger partial charge in [0, 0.05) is 23.5 Å². The lowest BCUT2D eigenvalue weighted by atomic mass is 10.1. The Bertz CT molecular complexity index is 672. The van der Waals surface area contributed by atoms with Crippen molar-refractivity contribution in [3.63, 3.8) is 0 Å². The maximum atomic E-state index is 12.1. The van der Waals surface area contributed by atoms with Crippen molar-refractivity contribution in [1.82, 2.24) is 20.5 Å². The molecular formula is C14H16N4O2. The lowest BCUT2D eigenvalue weighted by Gasteiger charge is -2.20. The monoisotopic (exact) mass is 272 g/mol. The van der Waals surface area contributed by atoms with Gasteiger partial charge in [0.1, 0.15) is 5.56 Å². The first-order valence-corrected chi connectivity index (χ1v) is 6.19. The summed E-state index contributed by atoms with van der Waals surface area (Å²) >= 11 is 0. The minimum atomic E-state index is -0.510. The van der Waals surface area contributed by atoms with E-state index in [1.807, 2.05) is 20.8 Å². The Hall–Kier alpha value is -2.50. The molecule has 0 atom stereocenters. The summed E-state index contributed by atoms with van der Waals surface area (Å²) in [6, 6.07) is 4.99. The lowest BCUT2D eigenvalue weighted by molar-refractivity contribution is 0.0918. The third-order valence-electron chi connectivity index (χ3n) is 2.51. The van der Waals surface area contributed by atoms with Crippen LogP contribution < -0.4 is 10.9 Å². The van der Waals surface area contributed by atoms with Gasteiger partial charge in [0.25, 0.3) is 11.5 Å². The summed E-state index contributed by atoms with van der Waals surface area (Å²) in [6.07, 6.45) is 3.24. The zero-order valence-electron chi connectivity index (χ0n) is 11.6. The van der Waals surface area contributed by atoms with Crippen molar-refractivity contribution in [3.05, 3.63) is 46.5 Å². The van der Waals surface area contributed by atoms with E-state index in [0.717, 1.165) is 5.56 Å². The second-order valence-electron chi connectivity index (χ2n) is 5.44. The van der Waals surface area contributed by atoms with Gasteiger partial charge < -0.3 is 5.32 Å². The molecule has 1 amide bonds. The van der Waals surface area contributed by atoms with E-state index in [-0.39, 0.29) is 5.56 Å². The standard InChI is InChI=1S/C14H16N4O2/c1-14(2,3)16-12(19)10-8-11(17-18-13(10)20)9-4-6-15-7-5-9/h4-8H,1-3H3,(H,16,19)(H,18,20). The SMILES string of the molecule is CC(C)(C)NC(=O)c1cc(-c2ccncc2)n[nH]c1=O. The van der Waals surface area contributed by atoms with Gasteiger partial charge in [0.15, 0.2) is 0 Å². The van der Waals surface area contributed by atoms with Gasteiger partial charge in [0.05, 0.1) is 5.69 Å². The van der Waals surface area contributed by atoms with Crippen LogP contribution in [-0.4, -0.2) is 26.6 Å². The molecule has 2 heterocycles. The highest BCUT2D eigenvalue weighted by Gasteiger charge is 2.18. The van der Waals surface area contributed by atoms with E-state index < -0.39 is 17.0 Å². The zero-order valence-corrected chi connectivity index (χ0v) is 11.6. The number of hydrogen-bond donors (Lipinski definition) is 2. The molecule has 6 heteroatoms. The van der Waals surface area contributed by atoms with Gasteiger partial charge in [-0.15, -0.1) is 0 Å². The highest BCUT2D eigenvalue weighted by Crippen LogP contribution is 2.14. The van der Waals surface area contributed by atoms with Gasteiger partial charge in [-0.1, -0.05) is 0 Å². The Balaban J connectivity index is 2.40. The number of aromatic amines is 1. The number of hydrogen-bond acceptors (Lipinski definition) is 4. The third-order valence-corrected chi connectivity index (χ3v) is 2.51. The number of nitrogens with zero attached hydrogens (tertiary/aromatic N) is 2. The Morgan fingerprint density at radius 3 is 2.50 bits per heavy atom. The number of pyridine rings is 1. The molecule has 0 radical (unpaired) electrons. The average molecular weight is 272 g/mol. The van der Waals surface area contributed by atoms with Crippen molar-refractivity contribution in [3.8, 4) is 11.3 Å². The van der Waals surface area contributed by atoms with Crippen LogP contribution in [0.5, 0.6) is 0 Å². The number of nitrogens with one attached hydrogen (secondary N) is 2. The molecule has 0 aliphatic heterocycles. The van der Waals surface area contributed by atoms with Crippen molar-refractivity contribution in [2.24, 2.45) is 0 Å². The second-order valence-corrected chi connectivity index (χ2v) is 5.44. The van der Waals surface area contributed by atoms with Crippen molar-refractivity contribution >= 4 is 5.91 Å². The van der Waals surface area contributed by atoms with Gasteiger partial charge in [-0.3, -0.25) is 14.6 Å². The maximum Gasteiger partial charge on any atom is 0.277 e. The van der Waals surface area contributed by atoms with E-state index in [2.05, 4.69) is 20.5 Å². The van der Waals surface area contributed by atoms with Crippen molar-refractivity contribution in [2.75, 3.05) is 0 Å².